The van der Waals surface area contributed by atoms with Crippen molar-refractivity contribution in [3.8, 4) is 0 Å². The highest BCUT2D eigenvalue weighted by Crippen LogP contribution is 2.32. The molecule has 2 amide bonds. The van der Waals surface area contributed by atoms with E-state index in [1.54, 1.807) is 18.2 Å². The lowest BCUT2D eigenvalue weighted by Gasteiger charge is -2.37. The second kappa shape index (κ2) is 7.83. The lowest BCUT2D eigenvalue weighted by Crippen LogP contribution is -2.52. The maximum atomic E-state index is 13.0. The molecule has 3 rings (SSSR count). The number of carboxylic acids is 1. The van der Waals surface area contributed by atoms with Gasteiger partial charge in [0.1, 0.15) is 6.17 Å². The molecule has 0 radical (unpaired) electrons. The molecule has 1 unspecified atom stereocenters. The first kappa shape index (κ1) is 19.0. The normalized spacial score (nSPS) is 15.7. The van der Waals surface area contributed by atoms with Gasteiger partial charge < -0.3 is 15.3 Å². The minimum absolute atomic E-state index is 0.395. The van der Waals surface area contributed by atoms with E-state index in [0.717, 1.165) is 17.3 Å². The number of nitrogens with one attached hydrogen (secondary N) is 2. The van der Waals surface area contributed by atoms with Crippen LogP contribution in [0, 0.1) is 0 Å². The lowest BCUT2D eigenvalue weighted by atomic mass is 10.0. The van der Waals surface area contributed by atoms with E-state index in [1.807, 2.05) is 49.3 Å². The molecule has 0 fully saturated rings. The first-order chi connectivity index (χ1) is 13.4. The zero-order chi connectivity index (χ0) is 20.3. The lowest BCUT2D eigenvalue weighted by molar-refractivity contribution is -0.131. The van der Waals surface area contributed by atoms with Crippen LogP contribution in [0.4, 0.5) is 11.4 Å². The largest absolute Gasteiger partial charge is 0.478 e. The third-order valence-electron chi connectivity index (χ3n) is 4.26. The van der Waals surface area contributed by atoms with Gasteiger partial charge in [-0.2, -0.15) is 0 Å². The van der Waals surface area contributed by atoms with Crippen molar-refractivity contribution < 1.29 is 19.5 Å². The van der Waals surface area contributed by atoms with Crippen LogP contribution in [0.3, 0.4) is 0 Å². The molecule has 2 aromatic carbocycles. The fourth-order valence-electron chi connectivity index (χ4n) is 2.86. The van der Waals surface area contributed by atoms with E-state index >= 15 is 0 Å². The summed E-state index contributed by atoms with van der Waals surface area (Å²) in [7, 11) is 3.85. The minimum Gasteiger partial charge on any atom is -0.478 e. The third-order valence-corrected chi connectivity index (χ3v) is 4.26. The van der Waals surface area contributed by atoms with Crippen LogP contribution in [0.2, 0.25) is 0 Å². The van der Waals surface area contributed by atoms with Crippen LogP contribution in [0.25, 0.3) is 0 Å². The van der Waals surface area contributed by atoms with Crippen molar-refractivity contribution in [1.82, 2.24) is 10.4 Å². The van der Waals surface area contributed by atoms with Gasteiger partial charge in [0.2, 0.25) is 0 Å². The Morgan fingerprint density at radius 3 is 2.43 bits per heavy atom. The molecule has 0 spiro atoms. The highest BCUT2D eigenvalue weighted by atomic mass is 16.4. The van der Waals surface area contributed by atoms with Gasteiger partial charge in [0.25, 0.3) is 11.8 Å². The number of nitrogens with zero attached hydrogens (tertiary/aromatic N) is 2. The first-order valence-electron chi connectivity index (χ1n) is 8.55. The quantitative estimate of drug-likeness (QED) is 0.686. The molecule has 8 nitrogen and oxygen atoms in total. The summed E-state index contributed by atoms with van der Waals surface area (Å²) in [5.41, 5.74) is 5.29. The number of hydrogen-bond acceptors (Lipinski definition) is 5. The van der Waals surface area contributed by atoms with Crippen molar-refractivity contribution in [1.29, 1.82) is 0 Å². The van der Waals surface area contributed by atoms with Crippen molar-refractivity contribution in [3.05, 3.63) is 71.8 Å². The second-order valence-corrected chi connectivity index (χ2v) is 6.40. The second-order valence-electron chi connectivity index (χ2n) is 6.40. The molecular formula is C20H20N4O4. The molecule has 1 atom stereocenters. The Morgan fingerprint density at radius 1 is 1.11 bits per heavy atom. The van der Waals surface area contributed by atoms with E-state index in [4.69, 9.17) is 5.11 Å². The smallest absolute Gasteiger partial charge is 0.328 e. The van der Waals surface area contributed by atoms with Crippen LogP contribution in [-0.4, -0.2) is 42.0 Å². The molecule has 0 bridgehead atoms. The van der Waals surface area contributed by atoms with Gasteiger partial charge >= 0.3 is 5.97 Å². The maximum Gasteiger partial charge on any atom is 0.328 e. The number of benzene rings is 2. The van der Waals surface area contributed by atoms with Crippen molar-refractivity contribution >= 4 is 29.2 Å². The van der Waals surface area contributed by atoms with Gasteiger partial charge in [-0.15, -0.1) is 0 Å². The average Bonchev–Trinajstić information content (AvgIpc) is 2.68. The number of hydrazine groups is 1. The molecule has 0 aliphatic carbocycles. The van der Waals surface area contributed by atoms with E-state index in [9.17, 15) is 14.4 Å². The summed E-state index contributed by atoms with van der Waals surface area (Å²) in [6.45, 7) is 0. The summed E-state index contributed by atoms with van der Waals surface area (Å²) >= 11 is 0. The fourth-order valence-corrected chi connectivity index (χ4v) is 2.86. The van der Waals surface area contributed by atoms with E-state index < -0.39 is 23.9 Å². The van der Waals surface area contributed by atoms with Crippen LogP contribution in [0.15, 0.2) is 60.7 Å². The Morgan fingerprint density at radius 2 is 1.79 bits per heavy atom. The van der Waals surface area contributed by atoms with E-state index in [0.29, 0.717) is 17.3 Å². The van der Waals surface area contributed by atoms with Crippen molar-refractivity contribution in [2.45, 2.75) is 6.17 Å². The number of aliphatic carboxylic acids is 1. The monoisotopic (exact) mass is 380 g/mol. The molecular weight excluding hydrogens is 360 g/mol. The highest BCUT2D eigenvalue weighted by Gasteiger charge is 2.34. The fraction of sp³-hybridized carbons (Fsp3) is 0.150. The molecule has 2 aromatic rings. The molecule has 1 aliphatic heterocycles. The van der Waals surface area contributed by atoms with Crippen molar-refractivity contribution in [3.63, 3.8) is 0 Å². The van der Waals surface area contributed by atoms with E-state index in [1.165, 1.54) is 5.01 Å². The molecule has 0 saturated heterocycles. The van der Waals surface area contributed by atoms with Gasteiger partial charge in [-0.25, -0.2) is 9.80 Å². The Balaban J connectivity index is 1.95. The van der Waals surface area contributed by atoms with Crippen molar-refractivity contribution in [2.75, 3.05) is 24.3 Å². The Labute approximate surface area is 162 Å². The van der Waals surface area contributed by atoms with Gasteiger partial charge in [0.15, 0.2) is 0 Å². The Hall–Kier alpha value is -3.81. The van der Waals surface area contributed by atoms with Gasteiger partial charge in [-0.05, 0) is 29.8 Å². The predicted octanol–water partition coefficient (Wildman–Crippen LogP) is 1.99. The van der Waals surface area contributed by atoms with Crippen LogP contribution in [-0.2, 0) is 9.59 Å². The summed E-state index contributed by atoms with van der Waals surface area (Å²) in [6, 6.07) is 14.5. The predicted molar refractivity (Wildman–Crippen MR) is 105 cm³/mol. The Bertz CT molecular complexity index is 937. The molecule has 1 aliphatic rings. The SMILES string of the molecule is CN(C)c1ccc(C2Nc3ccccc3C(=O)N2NC(=O)C=CC(=O)O)cc1. The molecule has 1 heterocycles. The summed E-state index contributed by atoms with van der Waals surface area (Å²) in [6.07, 6.45) is 0.926. The standard InChI is InChI=1S/C20H20N4O4/c1-23(2)14-9-7-13(8-10-14)19-21-16-6-4-3-5-15(16)20(28)24(19)22-17(25)11-12-18(26)27/h3-12,19,21H,1-2H3,(H,22,25)(H,26,27). The number of carboxylic acid groups (broad SMARTS) is 1. The van der Waals surface area contributed by atoms with Crippen LogP contribution in [0.5, 0.6) is 0 Å². The number of rotatable bonds is 5. The summed E-state index contributed by atoms with van der Waals surface area (Å²) in [4.78, 5) is 37.7. The third kappa shape index (κ3) is 3.96. The number of fused-ring (bicyclic) bond motifs is 1. The molecule has 8 heteroatoms. The molecule has 28 heavy (non-hydrogen) atoms. The summed E-state index contributed by atoms with van der Waals surface area (Å²) in [5, 5.41) is 13.1. The molecule has 144 valence electrons. The van der Waals surface area contributed by atoms with Gasteiger partial charge in [0, 0.05) is 37.6 Å². The first-order valence-corrected chi connectivity index (χ1v) is 8.55. The van der Waals surface area contributed by atoms with Crippen molar-refractivity contribution in [2.24, 2.45) is 0 Å². The summed E-state index contributed by atoms with van der Waals surface area (Å²) in [5.74, 6) is -2.36. The molecule has 0 aromatic heterocycles. The number of carbonyl (C=O) groups is 3. The number of carbonyl (C=O) groups excluding carboxylic acids is 2. The van der Waals surface area contributed by atoms with Crippen LogP contribution >= 0.6 is 0 Å². The number of anilines is 2. The topological polar surface area (TPSA) is 102 Å². The number of para-hydroxylation sites is 1. The van der Waals surface area contributed by atoms with E-state index in [-0.39, 0.29) is 0 Å². The van der Waals surface area contributed by atoms with Crippen LogP contribution < -0.4 is 15.6 Å². The number of amides is 2. The van der Waals surface area contributed by atoms with E-state index in [2.05, 4.69) is 10.7 Å². The Kier molecular flexibility index (Phi) is 5.30. The summed E-state index contributed by atoms with van der Waals surface area (Å²) < 4.78 is 0. The maximum absolute atomic E-state index is 13.0. The molecule has 3 N–H and O–H groups in total. The van der Waals surface area contributed by atoms with Crippen LogP contribution in [0.1, 0.15) is 22.1 Å². The van der Waals surface area contributed by atoms with Gasteiger partial charge in [0.05, 0.1) is 5.56 Å². The van der Waals surface area contributed by atoms with Gasteiger partial charge in [-0.3, -0.25) is 15.0 Å². The highest BCUT2D eigenvalue weighted by molar-refractivity contribution is 6.03. The number of hydrogen-bond donors (Lipinski definition) is 3. The zero-order valence-electron chi connectivity index (χ0n) is 15.4. The molecule has 0 saturated carbocycles. The zero-order valence-corrected chi connectivity index (χ0v) is 15.4. The van der Waals surface area contributed by atoms with Gasteiger partial charge in [-0.1, -0.05) is 24.3 Å². The minimum atomic E-state index is -1.25. The average molecular weight is 380 g/mol.